The third-order valence-corrected chi connectivity index (χ3v) is 32.4. The molecule has 0 spiro atoms. The van der Waals surface area contributed by atoms with Crippen LogP contribution in [0.1, 0.15) is 88.0 Å². The average Bonchev–Trinajstić information content (AvgIpc) is 1.55. The van der Waals surface area contributed by atoms with E-state index in [1.54, 1.807) is 0 Å². The molecule has 1 heterocycles. The fraction of sp³-hybridized carbons (Fsp3) is 0.134. The fourth-order valence-electron chi connectivity index (χ4n) is 16.6. The molecular formula is C97H93BBrO2PSi2. The largest absolute Gasteiger partial charge is 0.496 e. The Morgan fingerprint density at radius 1 is 0.269 bits per heavy atom. The van der Waals surface area contributed by atoms with Gasteiger partial charge in [0.25, 0.3) is 0 Å². The summed E-state index contributed by atoms with van der Waals surface area (Å²) in [5, 5.41) is 11.2. The van der Waals surface area contributed by atoms with Gasteiger partial charge in [0.15, 0.2) is 16.1 Å². The fourth-order valence-corrected chi connectivity index (χ4v) is 26.3. The van der Waals surface area contributed by atoms with Crippen molar-refractivity contribution in [1.82, 2.24) is 0 Å². The standard InChI is InChI=1S/C45H36Si.C27H29BO2.C24H19BrSi.CH4.H3P.H2/c1-45(2)41-26-16-15-25-40(41)44-42(45)32-31-39(33-17-7-3-8-18-33)43(44)34-27-29-38(30-28-34)46(35-19-9-4-10-20-35,36-21-11-5-12-22-36)37-23-13-6-14-24-37;1-25(2)21-15-11-10-14-20(21)23-22(25)17-16-19(18-12-8-7-9-13-18)24(23)28-29-26(3,4)27(5,6)30-28;25-20-16-18-24(19-17-20)26(21-10-4-1-5-11-21,22-12-6-2-7-13-22)23-14-8-3-9-15-23;;;/h3-32H,1-2H3;7-17H,1-6H3;1-19H;1H4;1H3;1H/i;;;;;1+2T. The lowest BCUT2D eigenvalue weighted by molar-refractivity contribution is 0.00578. The minimum atomic E-state index is -2.60. The van der Waals surface area contributed by atoms with E-state index >= 15 is 0 Å². The highest BCUT2D eigenvalue weighted by atomic mass is 79.9. The van der Waals surface area contributed by atoms with Crippen LogP contribution in [0, 0.1) is 0 Å². The Labute approximate surface area is 635 Å². The van der Waals surface area contributed by atoms with Gasteiger partial charge in [-0.3, -0.25) is 0 Å². The van der Waals surface area contributed by atoms with Crippen molar-refractivity contribution in [1.29, 1.82) is 0 Å². The molecule has 17 rings (SSSR count). The van der Waals surface area contributed by atoms with E-state index in [2.05, 4.69) is 435 Å². The SMILES string of the molecule is Brc1ccc([Si](c2ccccc2)(c2ccccc2)c2ccccc2)cc1.C.CC1(C)c2ccccc2-c2c1ccc(-c1ccccc1)c2-c1ccc([Si](c2ccccc2)(c2ccccc2)c2ccccc2)cc1.CC1(C)c2ccccc2-c2c1ccc(-c1ccccc1)c2B1OC(C)(C)C(C)(C)O1.P.[3H][3H]. The first-order chi connectivity index (χ1) is 50.5. The average molecular weight is 1470 g/mol. The highest BCUT2D eigenvalue weighted by molar-refractivity contribution is 9.10. The van der Waals surface area contributed by atoms with E-state index < -0.39 is 23.3 Å². The molecule has 0 radical (unpaired) electrons. The summed E-state index contributed by atoms with van der Waals surface area (Å²) in [5.74, 6) is 0. The molecule has 1 saturated heterocycles. The second-order valence-electron chi connectivity index (χ2n) is 29.3. The van der Waals surface area contributed by atoms with E-state index in [4.69, 9.17) is 12.3 Å². The van der Waals surface area contributed by atoms with Gasteiger partial charge in [0.05, 0.1) is 11.2 Å². The molecule has 14 aromatic rings. The summed E-state index contributed by atoms with van der Waals surface area (Å²) in [5.41, 5.74) is 18.5. The Kier molecular flexibility index (Phi) is 20.5. The van der Waals surface area contributed by atoms with E-state index in [0.29, 0.717) is 0 Å². The van der Waals surface area contributed by atoms with Crippen LogP contribution in [-0.2, 0) is 20.1 Å². The highest BCUT2D eigenvalue weighted by Crippen LogP contribution is 2.55. The molecule has 0 amide bonds. The molecule has 0 saturated carbocycles. The van der Waals surface area contributed by atoms with E-state index in [0.717, 1.165) is 9.94 Å². The Bertz CT molecular complexity index is 5060. The maximum absolute atomic E-state index is 6.60. The lowest BCUT2D eigenvalue weighted by atomic mass is 9.69. The van der Waals surface area contributed by atoms with E-state index in [1.807, 2.05) is 0 Å². The Morgan fingerprint density at radius 3 is 0.913 bits per heavy atom. The van der Waals surface area contributed by atoms with Crippen LogP contribution in [0.2, 0.25) is 0 Å². The summed E-state index contributed by atoms with van der Waals surface area (Å²) in [6.07, 6.45) is 0. The van der Waals surface area contributed by atoms with Gasteiger partial charge in [-0.05, 0) is 165 Å². The van der Waals surface area contributed by atoms with Gasteiger partial charge in [0, 0.05) is 18.3 Å². The zero-order valence-electron chi connectivity index (χ0n) is 62.1. The van der Waals surface area contributed by atoms with Gasteiger partial charge in [0.1, 0.15) is 0 Å². The van der Waals surface area contributed by atoms with Gasteiger partial charge in [-0.1, -0.05) is 403 Å². The molecule has 1 atom stereocenters. The minimum Gasteiger partial charge on any atom is -0.399 e. The second kappa shape index (κ2) is 29.9. The molecule has 14 aromatic carbocycles. The first kappa shape index (κ1) is 71.4. The van der Waals surface area contributed by atoms with Crippen molar-refractivity contribution in [2.24, 2.45) is 0 Å². The van der Waals surface area contributed by atoms with E-state index in [-0.39, 0.29) is 39.4 Å². The quantitative estimate of drug-likeness (QED) is 0.0689. The van der Waals surface area contributed by atoms with Crippen LogP contribution in [0.3, 0.4) is 0 Å². The minimum absolute atomic E-state index is 0. The molecule has 1 aliphatic heterocycles. The summed E-state index contributed by atoms with van der Waals surface area (Å²) < 4.78 is 24.3. The van der Waals surface area contributed by atoms with Crippen LogP contribution < -0.4 is 47.0 Å². The van der Waals surface area contributed by atoms with Gasteiger partial charge in [-0.2, -0.15) is 9.90 Å². The van der Waals surface area contributed by atoms with E-state index in [9.17, 15) is 0 Å². The molecule has 516 valence electrons. The number of fused-ring (bicyclic) bond motifs is 6. The number of rotatable bonds is 12. The number of halogens is 1. The molecule has 1 fully saturated rings. The number of benzene rings is 14. The van der Waals surface area contributed by atoms with Crippen LogP contribution in [0.4, 0.5) is 0 Å². The number of hydrogen-bond donors (Lipinski definition) is 0. The third kappa shape index (κ3) is 12.8. The van der Waals surface area contributed by atoms with Crippen molar-refractivity contribution in [3.05, 3.63) is 391 Å². The van der Waals surface area contributed by atoms with Gasteiger partial charge in [-0.25, -0.2) is 0 Å². The summed E-state index contributed by atoms with van der Waals surface area (Å²) in [4.78, 5) is 0. The summed E-state index contributed by atoms with van der Waals surface area (Å²) in [7, 11) is -5.36. The predicted octanol–water partition coefficient (Wildman–Crippen LogP) is 19.4. The van der Waals surface area contributed by atoms with Gasteiger partial charge in [0.2, 0.25) is 0 Å². The molecule has 2 aliphatic carbocycles. The highest BCUT2D eigenvalue weighted by Gasteiger charge is 2.54. The van der Waals surface area contributed by atoms with Crippen molar-refractivity contribution in [2.75, 3.05) is 0 Å². The van der Waals surface area contributed by atoms with Crippen LogP contribution in [0.5, 0.6) is 0 Å². The first-order valence-corrected chi connectivity index (χ1v) is 40.6. The maximum atomic E-state index is 6.60. The molecular weight excluding hydrogens is 1370 g/mol. The molecule has 104 heavy (non-hydrogen) atoms. The lowest BCUT2D eigenvalue weighted by Crippen LogP contribution is -2.74. The van der Waals surface area contributed by atoms with Crippen LogP contribution in [0.15, 0.2) is 368 Å². The summed E-state index contributed by atoms with van der Waals surface area (Å²) in [6.45, 7) is 17.8. The molecule has 0 bridgehead atoms. The van der Waals surface area contributed by atoms with Gasteiger partial charge < -0.3 is 9.31 Å². The third-order valence-electron chi connectivity index (χ3n) is 22.3. The van der Waals surface area contributed by atoms with Crippen molar-refractivity contribution in [3.8, 4) is 55.6 Å². The second-order valence-corrected chi connectivity index (χ2v) is 37.8. The Balaban J connectivity index is 0.000000153. The molecule has 0 N–H and O–H groups in total. The summed E-state index contributed by atoms with van der Waals surface area (Å²) in [6, 6.07) is 133. The lowest BCUT2D eigenvalue weighted by Gasteiger charge is -2.34. The molecule has 7 heteroatoms. The van der Waals surface area contributed by atoms with Crippen LogP contribution in [-0.4, -0.2) is 34.5 Å². The van der Waals surface area contributed by atoms with Crippen molar-refractivity contribution in [2.45, 2.75) is 84.8 Å². The maximum Gasteiger partial charge on any atom is 0.496 e. The van der Waals surface area contributed by atoms with Crippen molar-refractivity contribution >= 4 is 96.1 Å². The van der Waals surface area contributed by atoms with Crippen LogP contribution in [0.25, 0.3) is 55.6 Å². The normalized spacial score (nSPS) is 14.5. The summed E-state index contributed by atoms with van der Waals surface area (Å²) >= 11 is 3.60. The number of hydrogen-bond acceptors (Lipinski definition) is 2. The molecule has 3 aliphatic rings. The monoisotopic (exact) mass is 1470 g/mol. The smallest absolute Gasteiger partial charge is 0.399 e. The Morgan fingerprint density at radius 2 is 0.548 bits per heavy atom. The van der Waals surface area contributed by atoms with Crippen molar-refractivity contribution in [3.63, 3.8) is 0 Å². The van der Waals surface area contributed by atoms with E-state index in [1.165, 1.54) is 119 Å². The van der Waals surface area contributed by atoms with Crippen molar-refractivity contribution < 1.29 is 12.3 Å². The molecule has 0 aromatic heterocycles. The van der Waals surface area contributed by atoms with Gasteiger partial charge >= 0.3 is 7.12 Å². The van der Waals surface area contributed by atoms with Gasteiger partial charge in [-0.15, -0.1) is 0 Å². The predicted molar refractivity (Wildman–Crippen MR) is 461 cm³/mol. The zero-order chi connectivity index (χ0) is 72.3. The molecule has 1 unspecified atom stereocenters. The molecule has 2 nitrogen and oxygen atoms in total. The Hall–Kier alpha value is -9.59. The zero-order valence-corrected chi connectivity index (χ0v) is 65.1. The van der Waals surface area contributed by atoms with Crippen LogP contribution >= 0.6 is 25.8 Å². The first-order valence-electron chi connectivity index (χ1n) is 36.8. The topological polar surface area (TPSA) is 18.5 Å².